The van der Waals surface area contributed by atoms with E-state index in [1.807, 2.05) is 18.2 Å². The molecule has 1 aromatic carbocycles. The van der Waals surface area contributed by atoms with Crippen molar-refractivity contribution in [3.05, 3.63) is 29.8 Å². The zero-order chi connectivity index (χ0) is 11.0. The van der Waals surface area contributed by atoms with Gasteiger partial charge < -0.3 is 10.2 Å². The summed E-state index contributed by atoms with van der Waals surface area (Å²) in [4.78, 5) is 8.36. The van der Waals surface area contributed by atoms with E-state index in [2.05, 4.69) is 13.8 Å². The average Bonchev–Trinajstić information content (AvgIpc) is 2.03. The average molecular weight is 196 g/mol. The van der Waals surface area contributed by atoms with Gasteiger partial charge in [0.1, 0.15) is 5.75 Å². The first-order valence-corrected chi connectivity index (χ1v) is 4.46. The molecule has 1 rings (SSSR count). The molecule has 0 atom stereocenters. The normalized spacial score (nSPS) is 9.07. The van der Waals surface area contributed by atoms with E-state index in [0.29, 0.717) is 11.7 Å². The molecule has 0 saturated heterocycles. The Morgan fingerprint density at radius 2 is 2.00 bits per heavy atom. The first-order chi connectivity index (χ1) is 6.60. The van der Waals surface area contributed by atoms with E-state index in [4.69, 9.17) is 15.0 Å². The summed E-state index contributed by atoms with van der Waals surface area (Å²) < 4.78 is 0. The summed E-state index contributed by atoms with van der Waals surface area (Å²) in [6.07, 6.45) is 1.04. The molecular formula is C11H16O3. The van der Waals surface area contributed by atoms with Gasteiger partial charge in [0.2, 0.25) is 0 Å². The van der Waals surface area contributed by atoms with Crippen LogP contribution >= 0.6 is 0 Å². The fraction of sp³-hybridized carbons (Fsp3) is 0.364. The monoisotopic (exact) mass is 196 g/mol. The summed E-state index contributed by atoms with van der Waals surface area (Å²) in [6, 6.07) is 7.44. The van der Waals surface area contributed by atoms with Gasteiger partial charge in [0.05, 0.1) is 0 Å². The molecule has 0 heterocycles. The van der Waals surface area contributed by atoms with Crippen LogP contribution in [-0.4, -0.2) is 16.7 Å². The Morgan fingerprint density at radius 3 is 2.43 bits per heavy atom. The summed E-state index contributed by atoms with van der Waals surface area (Å²) in [6.45, 7) is 4.09. The van der Waals surface area contributed by atoms with Gasteiger partial charge in [0.25, 0.3) is 6.47 Å². The van der Waals surface area contributed by atoms with Gasteiger partial charge in [-0.2, -0.15) is 0 Å². The maximum absolute atomic E-state index is 9.13. The Balaban J connectivity index is 0.000000500. The van der Waals surface area contributed by atoms with Crippen LogP contribution in [0.25, 0.3) is 0 Å². The number of phenolic OH excluding ortho intramolecular Hbond substituents is 1. The van der Waals surface area contributed by atoms with Crippen molar-refractivity contribution in [2.45, 2.75) is 20.3 Å². The lowest BCUT2D eigenvalue weighted by Crippen LogP contribution is -1.92. The van der Waals surface area contributed by atoms with Crippen LogP contribution in [0.4, 0.5) is 0 Å². The van der Waals surface area contributed by atoms with Crippen molar-refractivity contribution in [1.82, 2.24) is 0 Å². The highest BCUT2D eigenvalue weighted by Crippen LogP contribution is 2.13. The molecule has 0 radical (unpaired) electrons. The van der Waals surface area contributed by atoms with Crippen molar-refractivity contribution in [3.8, 4) is 5.75 Å². The molecule has 0 fully saturated rings. The SMILES string of the molecule is CC(C)Cc1cccc(O)c1.O=CO. The van der Waals surface area contributed by atoms with Crippen LogP contribution < -0.4 is 0 Å². The minimum absolute atomic E-state index is 0.250. The number of carboxylic acid groups (broad SMARTS) is 1. The number of rotatable bonds is 2. The van der Waals surface area contributed by atoms with Crippen LogP contribution in [0.3, 0.4) is 0 Å². The van der Waals surface area contributed by atoms with E-state index in [1.165, 1.54) is 5.56 Å². The molecular weight excluding hydrogens is 180 g/mol. The van der Waals surface area contributed by atoms with Crippen LogP contribution in [0.2, 0.25) is 0 Å². The third kappa shape index (κ3) is 6.06. The van der Waals surface area contributed by atoms with Gasteiger partial charge in [-0.05, 0) is 30.0 Å². The van der Waals surface area contributed by atoms with E-state index < -0.39 is 0 Å². The van der Waals surface area contributed by atoms with E-state index in [-0.39, 0.29) is 6.47 Å². The predicted octanol–water partition coefficient (Wildman–Crippen LogP) is 2.29. The van der Waals surface area contributed by atoms with Crippen LogP contribution in [0.5, 0.6) is 5.75 Å². The summed E-state index contributed by atoms with van der Waals surface area (Å²) in [5.41, 5.74) is 1.21. The van der Waals surface area contributed by atoms with Gasteiger partial charge in [0, 0.05) is 0 Å². The second-order valence-electron chi connectivity index (χ2n) is 3.37. The zero-order valence-electron chi connectivity index (χ0n) is 8.47. The molecule has 0 amide bonds. The number of phenols is 1. The van der Waals surface area contributed by atoms with Gasteiger partial charge in [-0.3, -0.25) is 4.79 Å². The van der Waals surface area contributed by atoms with Crippen LogP contribution in [0, 0.1) is 5.92 Å². The molecule has 0 saturated carbocycles. The minimum atomic E-state index is -0.250. The van der Waals surface area contributed by atoms with Crippen molar-refractivity contribution in [2.75, 3.05) is 0 Å². The fourth-order valence-electron chi connectivity index (χ4n) is 1.15. The lowest BCUT2D eigenvalue weighted by Gasteiger charge is -2.04. The summed E-state index contributed by atoms with van der Waals surface area (Å²) >= 11 is 0. The number of hydrogen-bond donors (Lipinski definition) is 2. The lowest BCUT2D eigenvalue weighted by atomic mass is 10.0. The van der Waals surface area contributed by atoms with E-state index in [1.54, 1.807) is 6.07 Å². The number of hydrogen-bond acceptors (Lipinski definition) is 2. The molecule has 0 unspecified atom stereocenters. The Hall–Kier alpha value is -1.51. The van der Waals surface area contributed by atoms with Gasteiger partial charge in [-0.1, -0.05) is 26.0 Å². The second kappa shape index (κ2) is 6.95. The molecule has 0 spiro atoms. The van der Waals surface area contributed by atoms with Crippen molar-refractivity contribution in [2.24, 2.45) is 5.92 Å². The molecule has 0 bridgehead atoms. The summed E-state index contributed by atoms with van der Waals surface area (Å²) in [5, 5.41) is 16.0. The highest BCUT2D eigenvalue weighted by molar-refractivity contribution is 5.32. The number of benzene rings is 1. The molecule has 0 aromatic heterocycles. The molecule has 78 valence electrons. The summed E-state index contributed by atoms with van der Waals surface area (Å²) in [5.74, 6) is 1.01. The van der Waals surface area contributed by atoms with E-state index in [9.17, 15) is 0 Å². The van der Waals surface area contributed by atoms with Gasteiger partial charge in [-0.15, -0.1) is 0 Å². The van der Waals surface area contributed by atoms with Crippen LogP contribution in [0.15, 0.2) is 24.3 Å². The van der Waals surface area contributed by atoms with Crippen LogP contribution in [-0.2, 0) is 11.2 Å². The molecule has 2 N–H and O–H groups in total. The standard InChI is InChI=1S/C10H14O.CH2O2/c1-8(2)6-9-4-3-5-10(11)7-9;2-1-3/h3-5,7-8,11H,6H2,1-2H3;1H,(H,2,3). The van der Waals surface area contributed by atoms with Crippen molar-refractivity contribution in [3.63, 3.8) is 0 Å². The Bertz CT molecular complexity index is 269. The van der Waals surface area contributed by atoms with Gasteiger partial charge in [0.15, 0.2) is 0 Å². The van der Waals surface area contributed by atoms with Gasteiger partial charge in [-0.25, -0.2) is 0 Å². The first-order valence-electron chi connectivity index (χ1n) is 4.46. The van der Waals surface area contributed by atoms with E-state index in [0.717, 1.165) is 6.42 Å². The highest BCUT2D eigenvalue weighted by atomic mass is 16.3. The molecule has 0 aliphatic heterocycles. The Kier molecular flexibility index (Phi) is 6.20. The molecule has 1 aromatic rings. The zero-order valence-corrected chi connectivity index (χ0v) is 8.47. The van der Waals surface area contributed by atoms with Crippen molar-refractivity contribution in [1.29, 1.82) is 0 Å². The first kappa shape index (κ1) is 12.5. The quantitative estimate of drug-likeness (QED) is 0.713. The topological polar surface area (TPSA) is 57.5 Å². The predicted molar refractivity (Wildman–Crippen MR) is 55.3 cm³/mol. The Labute approximate surface area is 84.0 Å². The van der Waals surface area contributed by atoms with Crippen LogP contribution in [0.1, 0.15) is 19.4 Å². The maximum Gasteiger partial charge on any atom is 0.290 e. The molecule has 3 nitrogen and oxygen atoms in total. The lowest BCUT2D eigenvalue weighted by molar-refractivity contribution is -0.122. The molecule has 14 heavy (non-hydrogen) atoms. The fourth-order valence-corrected chi connectivity index (χ4v) is 1.15. The third-order valence-electron chi connectivity index (χ3n) is 1.55. The largest absolute Gasteiger partial charge is 0.508 e. The molecule has 3 heteroatoms. The third-order valence-corrected chi connectivity index (χ3v) is 1.55. The second-order valence-corrected chi connectivity index (χ2v) is 3.37. The van der Waals surface area contributed by atoms with Crippen molar-refractivity contribution < 1.29 is 15.0 Å². The maximum atomic E-state index is 9.13. The summed E-state index contributed by atoms with van der Waals surface area (Å²) in [7, 11) is 0. The smallest absolute Gasteiger partial charge is 0.290 e. The van der Waals surface area contributed by atoms with Gasteiger partial charge >= 0.3 is 0 Å². The minimum Gasteiger partial charge on any atom is -0.508 e. The molecule has 0 aliphatic carbocycles. The Morgan fingerprint density at radius 1 is 1.43 bits per heavy atom. The molecule has 0 aliphatic rings. The van der Waals surface area contributed by atoms with Crippen molar-refractivity contribution >= 4 is 6.47 Å². The van der Waals surface area contributed by atoms with E-state index >= 15 is 0 Å². The number of carbonyl (C=O) groups is 1. The number of aromatic hydroxyl groups is 1. The highest BCUT2D eigenvalue weighted by Gasteiger charge is 1.97.